The highest BCUT2D eigenvalue weighted by atomic mass is 16.7. The molecule has 4 heteroatoms. The second-order valence-electron chi connectivity index (χ2n) is 3.30. The number of hydrogen-bond acceptors (Lipinski definition) is 4. The van der Waals surface area contributed by atoms with E-state index in [0.717, 1.165) is 17.2 Å². The number of nitrogens with one attached hydrogen (secondary N) is 1. The summed E-state index contributed by atoms with van der Waals surface area (Å²) in [5.41, 5.74) is 0.926. The summed E-state index contributed by atoms with van der Waals surface area (Å²) in [7, 11) is 0. The van der Waals surface area contributed by atoms with Crippen LogP contribution >= 0.6 is 0 Å². The van der Waals surface area contributed by atoms with Crippen LogP contribution in [0, 0.1) is 0 Å². The van der Waals surface area contributed by atoms with Crippen molar-refractivity contribution < 1.29 is 14.6 Å². The number of fused-ring (bicyclic) bond motifs is 1. The maximum Gasteiger partial charge on any atom is 0.231 e. The minimum atomic E-state index is -0.361. The van der Waals surface area contributed by atoms with Gasteiger partial charge in [0, 0.05) is 18.3 Å². The summed E-state index contributed by atoms with van der Waals surface area (Å²) in [6.45, 7) is 2.55. The molecule has 1 heterocycles. The van der Waals surface area contributed by atoms with E-state index in [-0.39, 0.29) is 12.9 Å². The van der Waals surface area contributed by atoms with Gasteiger partial charge in [0.15, 0.2) is 11.5 Å². The molecule has 0 bridgehead atoms. The number of aliphatic hydroxyl groups excluding tert-OH is 1. The molecule has 1 aromatic carbocycles. The van der Waals surface area contributed by atoms with Gasteiger partial charge in [-0.3, -0.25) is 0 Å². The average Bonchev–Trinajstić information content (AvgIpc) is 2.61. The highest BCUT2D eigenvalue weighted by Gasteiger charge is 2.12. The summed E-state index contributed by atoms with van der Waals surface area (Å²) in [6.07, 6.45) is -0.361. The van der Waals surface area contributed by atoms with E-state index in [1.54, 1.807) is 6.92 Å². The van der Waals surface area contributed by atoms with Crippen LogP contribution in [0.4, 0.5) is 5.69 Å². The topological polar surface area (TPSA) is 50.7 Å². The minimum Gasteiger partial charge on any atom is -0.454 e. The Morgan fingerprint density at radius 1 is 1.43 bits per heavy atom. The van der Waals surface area contributed by atoms with Crippen LogP contribution in [0.15, 0.2) is 18.2 Å². The van der Waals surface area contributed by atoms with Gasteiger partial charge in [-0.05, 0) is 19.1 Å². The van der Waals surface area contributed by atoms with Gasteiger partial charge in [0.1, 0.15) is 0 Å². The Hall–Kier alpha value is -1.42. The maximum absolute atomic E-state index is 9.09. The smallest absolute Gasteiger partial charge is 0.231 e. The molecular weight excluding hydrogens is 182 g/mol. The summed E-state index contributed by atoms with van der Waals surface area (Å²) < 4.78 is 10.4. The van der Waals surface area contributed by atoms with E-state index in [1.165, 1.54) is 0 Å². The van der Waals surface area contributed by atoms with Gasteiger partial charge in [-0.25, -0.2) is 0 Å². The first-order chi connectivity index (χ1) is 6.75. The summed E-state index contributed by atoms with van der Waals surface area (Å²) in [4.78, 5) is 0. The van der Waals surface area contributed by atoms with E-state index in [1.807, 2.05) is 18.2 Å². The zero-order valence-corrected chi connectivity index (χ0v) is 7.99. The van der Waals surface area contributed by atoms with Crippen molar-refractivity contribution in [1.29, 1.82) is 0 Å². The molecule has 4 nitrogen and oxygen atoms in total. The molecule has 1 aliphatic heterocycles. The summed E-state index contributed by atoms with van der Waals surface area (Å²) in [5.74, 6) is 1.52. The normalized spacial score (nSPS) is 15.3. The molecule has 14 heavy (non-hydrogen) atoms. The second-order valence-corrected chi connectivity index (χ2v) is 3.30. The summed E-state index contributed by atoms with van der Waals surface area (Å²) >= 11 is 0. The molecule has 76 valence electrons. The van der Waals surface area contributed by atoms with Gasteiger partial charge in [-0.1, -0.05) is 0 Å². The third-order valence-corrected chi connectivity index (χ3v) is 1.97. The molecule has 1 aromatic rings. The molecule has 2 N–H and O–H groups in total. The van der Waals surface area contributed by atoms with Gasteiger partial charge in [0.05, 0.1) is 6.10 Å². The fraction of sp³-hybridized carbons (Fsp3) is 0.400. The molecule has 0 saturated heterocycles. The number of ether oxygens (including phenoxy) is 2. The number of hydrogen-bond donors (Lipinski definition) is 2. The Morgan fingerprint density at radius 2 is 2.21 bits per heavy atom. The Balaban J connectivity index is 2.05. The van der Waals surface area contributed by atoms with Crippen molar-refractivity contribution in [3.05, 3.63) is 18.2 Å². The lowest BCUT2D eigenvalue weighted by molar-refractivity contribution is 0.174. The first kappa shape index (κ1) is 9.15. The van der Waals surface area contributed by atoms with E-state index in [0.29, 0.717) is 6.54 Å². The lowest BCUT2D eigenvalue weighted by Gasteiger charge is -2.08. The standard InChI is InChI=1S/C10H13NO3/c1-7(12)5-11-8-2-3-9-10(4-8)14-6-13-9/h2-4,7,11-12H,5-6H2,1H3/t7-/m0/s1. The van der Waals surface area contributed by atoms with Crippen LogP contribution in [-0.2, 0) is 0 Å². The van der Waals surface area contributed by atoms with Gasteiger partial charge >= 0.3 is 0 Å². The molecule has 1 aliphatic rings. The van der Waals surface area contributed by atoms with Crippen molar-refractivity contribution >= 4 is 5.69 Å². The molecule has 0 unspecified atom stereocenters. The SMILES string of the molecule is C[C@H](O)CNc1ccc2c(c1)OCO2. The Labute approximate surface area is 82.5 Å². The molecule has 0 radical (unpaired) electrons. The lowest BCUT2D eigenvalue weighted by Crippen LogP contribution is -2.15. The van der Waals surface area contributed by atoms with E-state index in [2.05, 4.69) is 5.32 Å². The van der Waals surface area contributed by atoms with Crippen molar-refractivity contribution in [2.45, 2.75) is 13.0 Å². The van der Waals surface area contributed by atoms with Crippen LogP contribution in [0.5, 0.6) is 11.5 Å². The Bertz CT molecular complexity index is 325. The van der Waals surface area contributed by atoms with Crippen molar-refractivity contribution in [3.8, 4) is 11.5 Å². The van der Waals surface area contributed by atoms with Crippen molar-refractivity contribution in [3.63, 3.8) is 0 Å². The van der Waals surface area contributed by atoms with Crippen LogP contribution in [0.3, 0.4) is 0 Å². The first-order valence-electron chi connectivity index (χ1n) is 4.57. The molecule has 0 saturated carbocycles. The van der Waals surface area contributed by atoms with Gasteiger partial charge in [0.2, 0.25) is 6.79 Å². The molecule has 0 amide bonds. The lowest BCUT2D eigenvalue weighted by atomic mass is 10.2. The average molecular weight is 195 g/mol. The van der Waals surface area contributed by atoms with E-state index >= 15 is 0 Å². The number of aliphatic hydroxyl groups is 1. The van der Waals surface area contributed by atoms with Crippen molar-refractivity contribution in [2.24, 2.45) is 0 Å². The predicted octanol–water partition coefficient (Wildman–Crippen LogP) is 1.21. The Morgan fingerprint density at radius 3 is 3.00 bits per heavy atom. The van der Waals surface area contributed by atoms with Gasteiger partial charge < -0.3 is 19.9 Å². The van der Waals surface area contributed by atoms with Crippen LogP contribution in [0.1, 0.15) is 6.92 Å². The van der Waals surface area contributed by atoms with Crippen molar-refractivity contribution in [2.75, 3.05) is 18.7 Å². The number of rotatable bonds is 3. The van der Waals surface area contributed by atoms with E-state index in [4.69, 9.17) is 14.6 Å². The molecule has 1 atom stereocenters. The second kappa shape index (κ2) is 3.75. The highest BCUT2D eigenvalue weighted by Crippen LogP contribution is 2.34. The summed E-state index contributed by atoms with van der Waals surface area (Å²) in [6, 6.07) is 5.62. The van der Waals surface area contributed by atoms with Crippen LogP contribution < -0.4 is 14.8 Å². The molecular formula is C10H13NO3. The van der Waals surface area contributed by atoms with E-state index < -0.39 is 0 Å². The van der Waals surface area contributed by atoms with Gasteiger partial charge in [-0.15, -0.1) is 0 Å². The number of anilines is 1. The molecule has 0 aliphatic carbocycles. The maximum atomic E-state index is 9.09. The summed E-state index contributed by atoms with van der Waals surface area (Å²) in [5, 5.41) is 12.2. The Kier molecular flexibility index (Phi) is 2.45. The first-order valence-corrected chi connectivity index (χ1v) is 4.57. The van der Waals surface area contributed by atoms with E-state index in [9.17, 15) is 0 Å². The van der Waals surface area contributed by atoms with Crippen LogP contribution in [-0.4, -0.2) is 24.5 Å². The molecule has 0 fully saturated rings. The monoisotopic (exact) mass is 195 g/mol. The van der Waals surface area contributed by atoms with Gasteiger partial charge in [0.25, 0.3) is 0 Å². The largest absolute Gasteiger partial charge is 0.454 e. The minimum absolute atomic E-state index is 0.287. The third kappa shape index (κ3) is 1.90. The predicted molar refractivity (Wildman–Crippen MR) is 52.7 cm³/mol. The fourth-order valence-electron chi connectivity index (χ4n) is 1.27. The fourth-order valence-corrected chi connectivity index (χ4v) is 1.27. The van der Waals surface area contributed by atoms with Crippen LogP contribution in [0.2, 0.25) is 0 Å². The van der Waals surface area contributed by atoms with Gasteiger partial charge in [-0.2, -0.15) is 0 Å². The quantitative estimate of drug-likeness (QED) is 0.761. The molecule has 2 rings (SSSR count). The third-order valence-electron chi connectivity index (χ3n) is 1.97. The molecule has 0 aromatic heterocycles. The van der Waals surface area contributed by atoms with Crippen LogP contribution in [0.25, 0.3) is 0 Å². The molecule has 0 spiro atoms. The van der Waals surface area contributed by atoms with Crippen molar-refractivity contribution in [1.82, 2.24) is 0 Å². The zero-order valence-electron chi connectivity index (χ0n) is 7.99. The number of benzene rings is 1. The highest BCUT2D eigenvalue weighted by molar-refractivity contribution is 5.55. The zero-order chi connectivity index (χ0) is 9.97.